The molecule has 0 amide bonds. The number of thioether (sulfide) groups is 1. The number of hydrogen-bond acceptors (Lipinski definition) is 2. The van der Waals surface area contributed by atoms with Crippen LogP contribution in [0.15, 0.2) is 29.2 Å². The van der Waals surface area contributed by atoms with Crippen LogP contribution in [-0.2, 0) is 0 Å². The molecule has 2 heteroatoms. The maximum Gasteiger partial charge on any atom is 0.0107 e. The van der Waals surface area contributed by atoms with Crippen molar-refractivity contribution in [2.24, 2.45) is 0 Å². The van der Waals surface area contributed by atoms with Gasteiger partial charge < -0.3 is 5.32 Å². The summed E-state index contributed by atoms with van der Waals surface area (Å²) < 4.78 is 0. The average Bonchev–Trinajstić information content (AvgIpc) is 2.72. The molecule has 1 aromatic rings. The molecular weight excluding hydrogens is 226 g/mol. The van der Waals surface area contributed by atoms with Crippen molar-refractivity contribution in [1.29, 1.82) is 0 Å². The Morgan fingerprint density at radius 3 is 2.94 bits per heavy atom. The van der Waals surface area contributed by atoms with E-state index >= 15 is 0 Å². The van der Waals surface area contributed by atoms with Gasteiger partial charge >= 0.3 is 0 Å². The van der Waals surface area contributed by atoms with Crippen LogP contribution in [0.25, 0.3) is 0 Å². The quantitative estimate of drug-likeness (QED) is 0.764. The van der Waals surface area contributed by atoms with Crippen LogP contribution in [0.2, 0.25) is 0 Å². The summed E-state index contributed by atoms with van der Waals surface area (Å²) in [6.07, 6.45) is 4.00. The molecular formula is C15H23NS. The minimum absolute atomic E-state index is 0.623. The predicted molar refractivity (Wildman–Crippen MR) is 76.9 cm³/mol. The lowest BCUT2D eigenvalue weighted by Gasteiger charge is -2.11. The van der Waals surface area contributed by atoms with Gasteiger partial charge in [-0.3, -0.25) is 0 Å². The summed E-state index contributed by atoms with van der Waals surface area (Å²) in [5.74, 6) is 2.09. The van der Waals surface area contributed by atoms with Crippen molar-refractivity contribution >= 4 is 11.8 Å². The van der Waals surface area contributed by atoms with Crippen molar-refractivity contribution < 1.29 is 0 Å². The van der Waals surface area contributed by atoms with Crippen LogP contribution in [0.5, 0.6) is 0 Å². The van der Waals surface area contributed by atoms with Crippen molar-refractivity contribution in [2.75, 3.05) is 12.3 Å². The van der Waals surface area contributed by atoms with Crippen molar-refractivity contribution in [3.63, 3.8) is 0 Å². The molecule has 1 atom stereocenters. The van der Waals surface area contributed by atoms with E-state index in [2.05, 4.69) is 43.4 Å². The lowest BCUT2D eigenvalue weighted by molar-refractivity contribution is 0.533. The largest absolute Gasteiger partial charge is 0.315 e. The highest BCUT2D eigenvalue weighted by Crippen LogP contribution is 2.41. The first kappa shape index (κ1) is 13.0. The Balaban J connectivity index is 1.71. The van der Waals surface area contributed by atoms with Crippen molar-refractivity contribution in [3.8, 4) is 0 Å². The van der Waals surface area contributed by atoms with Crippen molar-refractivity contribution in [3.05, 3.63) is 29.8 Å². The maximum absolute atomic E-state index is 3.48. The zero-order chi connectivity index (χ0) is 12.1. The minimum Gasteiger partial charge on any atom is -0.315 e. The Labute approximate surface area is 109 Å². The number of hydrogen-bond donors (Lipinski definition) is 1. The van der Waals surface area contributed by atoms with E-state index in [1.165, 1.54) is 36.5 Å². The highest BCUT2D eigenvalue weighted by atomic mass is 32.2. The molecule has 0 aromatic heterocycles. The molecule has 17 heavy (non-hydrogen) atoms. The molecule has 1 heterocycles. The summed E-state index contributed by atoms with van der Waals surface area (Å²) in [4.78, 5) is 1.51. The van der Waals surface area contributed by atoms with Gasteiger partial charge in [-0.2, -0.15) is 0 Å². The van der Waals surface area contributed by atoms with E-state index in [9.17, 15) is 0 Å². The summed E-state index contributed by atoms with van der Waals surface area (Å²) in [5.41, 5.74) is 1.59. The van der Waals surface area contributed by atoms with E-state index in [1.54, 1.807) is 5.56 Å². The van der Waals surface area contributed by atoms with Crippen LogP contribution in [0.3, 0.4) is 0 Å². The first-order chi connectivity index (χ1) is 8.27. The van der Waals surface area contributed by atoms with E-state index in [0.29, 0.717) is 6.04 Å². The molecule has 94 valence electrons. The van der Waals surface area contributed by atoms with Gasteiger partial charge in [0.1, 0.15) is 0 Å². The molecule has 1 unspecified atom stereocenters. The van der Waals surface area contributed by atoms with Gasteiger partial charge in [-0.1, -0.05) is 38.5 Å². The zero-order valence-electron chi connectivity index (χ0n) is 10.9. The Kier molecular flexibility index (Phi) is 4.93. The van der Waals surface area contributed by atoms with Gasteiger partial charge in [-0.15, -0.1) is 11.8 Å². The van der Waals surface area contributed by atoms with E-state index < -0.39 is 0 Å². The fourth-order valence-electron chi connectivity index (χ4n) is 2.37. The Morgan fingerprint density at radius 2 is 2.12 bits per heavy atom. The van der Waals surface area contributed by atoms with Crippen molar-refractivity contribution in [2.45, 2.75) is 50.0 Å². The van der Waals surface area contributed by atoms with Crippen LogP contribution < -0.4 is 5.32 Å². The molecule has 0 spiro atoms. The number of benzene rings is 1. The minimum atomic E-state index is 0.623. The highest BCUT2D eigenvalue weighted by molar-refractivity contribution is 7.99. The highest BCUT2D eigenvalue weighted by Gasteiger charge is 2.21. The molecule has 2 rings (SSSR count). The van der Waals surface area contributed by atoms with Crippen LogP contribution in [0, 0.1) is 0 Å². The maximum atomic E-state index is 3.48. The number of rotatable bonds is 6. The summed E-state index contributed by atoms with van der Waals surface area (Å²) in [6.45, 7) is 5.59. The smallest absolute Gasteiger partial charge is 0.0107 e. The van der Waals surface area contributed by atoms with Crippen LogP contribution in [0.1, 0.15) is 44.6 Å². The second-order valence-corrected chi connectivity index (χ2v) is 6.21. The van der Waals surface area contributed by atoms with Gasteiger partial charge in [-0.05, 0) is 36.9 Å². The standard InChI is InChI=1S/C15H23NS/c1-12(2)16-10-6-5-7-13-11-17-15-9-4-3-8-14(13)15/h3-4,8-9,12-13,16H,5-7,10-11H2,1-2H3. The van der Waals surface area contributed by atoms with Gasteiger partial charge in [0.2, 0.25) is 0 Å². The Morgan fingerprint density at radius 1 is 1.29 bits per heavy atom. The lowest BCUT2D eigenvalue weighted by atomic mass is 9.95. The number of unbranched alkanes of at least 4 members (excludes halogenated alkanes) is 1. The van der Waals surface area contributed by atoms with E-state index in [0.717, 1.165) is 5.92 Å². The summed E-state index contributed by atoms with van der Waals surface area (Å²) in [5, 5.41) is 3.48. The molecule has 1 N–H and O–H groups in total. The molecule has 1 aliphatic rings. The molecule has 0 saturated heterocycles. The van der Waals surface area contributed by atoms with E-state index in [4.69, 9.17) is 0 Å². The number of fused-ring (bicyclic) bond motifs is 1. The zero-order valence-corrected chi connectivity index (χ0v) is 11.7. The normalized spacial score (nSPS) is 18.6. The third-order valence-electron chi connectivity index (χ3n) is 3.33. The van der Waals surface area contributed by atoms with Gasteiger partial charge in [0, 0.05) is 16.7 Å². The molecule has 1 aromatic carbocycles. The molecule has 0 radical (unpaired) electrons. The Hall–Kier alpha value is -0.470. The third-order valence-corrected chi connectivity index (χ3v) is 4.58. The van der Waals surface area contributed by atoms with Crippen LogP contribution >= 0.6 is 11.8 Å². The molecule has 0 bridgehead atoms. The monoisotopic (exact) mass is 249 g/mol. The predicted octanol–water partition coefficient (Wildman–Crippen LogP) is 4.04. The van der Waals surface area contributed by atoms with E-state index in [-0.39, 0.29) is 0 Å². The second kappa shape index (κ2) is 6.46. The van der Waals surface area contributed by atoms with E-state index in [1.807, 2.05) is 11.8 Å². The summed E-state index contributed by atoms with van der Waals surface area (Å²) in [6, 6.07) is 9.53. The SMILES string of the molecule is CC(C)NCCCCC1CSc2ccccc21. The molecule has 0 fully saturated rings. The molecule has 0 saturated carbocycles. The lowest BCUT2D eigenvalue weighted by Crippen LogP contribution is -2.23. The van der Waals surface area contributed by atoms with Crippen molar-refractivity contribution in [1.82, 2.24) is 5.32 Å². The molecule has 1 aliphatic heterocycles. The van der Waals surface area contributed by atoms with Gasteiger partial charge in [0.05, 0.1) is 0 Å². The fraction of sp³-hybridized carbons (Fsp3) is 0.600. The van der Waals surface area contributed by atoms with Gasteiger partial charge in [0.25, 0.3) is 0 Å². The Bertz CT molecular complexity index is 349. The summed E-state index contributed by atoms with van der Waals surface area (Å²) in [7, 11) is 0. The first-order valence-electron chi connectivity index (χ1n) is 6.72. The average molecular weight is 249 g/mol. The topological polar surface area (TPSA) is 12.0 Å². The second-order valence-electron chi connectivity index (χ2n) is 5.15. The van der Waals surface area contributed by atoms with Crippen LogP contribution in [-0.4, -0.2) is 18.3 Å². The van der Waals surface area contributed by atoms with Gasteiger partial charge in [0.15, 0.2) is 0 Å². The molecule has 1 nitrogen and oxygen atoms in total. The number of nitrogens with one attached hydrogen (secondary N) is 1. The summed E-state index contributed by atoms with van der Waals surface area (Å²) >= 11 is 2.03. The fourth-order valence-corrected chi connectivity index (χ4v) is 3.68. The van der Waals surface area contributed by atoms with Crippen LogP contribution in [0.4, 0.5) is 0 Å². The first-order valence-corrected chi connectivity index (χ1v) is 7.71. The van der Waals surface area contributed by atoms with Gasteiger partial charge in [-0.25, -0.2) is 0 Å². The third kappa shape index (κ3) is 3.75. The molecule has 0 aliphatic carbocycles.